The van der Waals surface area contributed by atoms with Gasteiger partial charge in [0.2, 0.25) is 0 Å². The van der Waals surface area contributed by atoms with Crippen LogP contribution in [0.5, 0.6) is 0 Å². The summed E-state index contributed by atoms with van der Waals surface area (Å²) in [6, 6.07) is 9.24. The molecule has 19 heavy (non-hydrogen) atoms. The minimum absolute atomic E-state index is 0.313. The van der Waals surface area contributed by atoms with Crippen molar-refractivity contribution in [1.82, 2.24) is 5.32 Å². The van der Waals surface area contributed by atoms with Crippen LogP contribution < -0.4 is 5.32 Å². The van der Waals surface area contributed by atoms with Crippen molar-refractivity contribution >= 4 is 15.9 Å². The molecule has 1 unspecified atom stereocenters. The molecule has 1 aliphatic rings. The smallest absolute Gasteiger partial charge is 0.0456 e. The summed E-state index contributed by atoms with van der Waals surface area (Å²) in [5.41, 5.74) is 1.45. The zero-order valence-electron chi connectivity index (χ0n) is 11.6. The molecule has 1 aromatic rings. The summed E-state index contributed by atoms with van der Waals surface area (Å²) < 4.78 is 1.25. The summed E-state index contributed by atoms with van der Waals surface area (Å²) in [6.45, 7) is 3.50. The van der Waals surface area contributed by atoms with Crippen molar-refractivity contribution < 1.29 is 5.11 Å². The largest absolute Gasteiger partial charge is 0.396 e. The minimum atomic E-state index is 0.313. The lowest BCUT2D eigenvalue weighted by Gasteiger charge is -2.37. The molecule has 1 aromatic carbocycles. The van der Waals surface area contributed by atoms with Crippen LogP contribution in [0.1, 0.15) is 44.1 Å². The van der Waals surface area contributed by atoms with Crippen LogP contribution in [-0.2, 0) is 0 Å². The number of rotatable bonds is 7. The molecule has 3 heteroatoms. The topological polar surface area (TPSA) is 32.3 Å². The van der Waals surface area contributed by atoms with Gasteiger partial charge in [-0.15, -0.1) is 0 Å². The highest BCUT2D eigenvalue weighted by molar-refractivity contribution is 9.10. The van der Waals surface area contributed by atoms with E-state index < -0.39 is 0 Å². The van der Waals surface area contributed by atoms with Crippen LogP contribution >= 0.6 is 15.9 Å². The molecule has 1 aliphatic carbocycles. The van der Waals surface area contributed by atoms with E-state index in [0.29, 0.717) is 24.5 Å². The fourth-order valence-corrected chi connectivity index (χ4v) is 3.30. The highest BCUT2D eigenvalue weighted by atomic mass is 79.9. The maximum Gasteiger partial charge on any atom is 0.0456 e. The predicted octanol–water partition coefficient (Wildman–Crippen LogP) is 3.69. The summed E-state index contributed by atoms with van der Waals surface area (Å²) in [5, 5.41) is 12.6. The van der Waals surface area contributed by atoms with Gasteiger partial charge in [-0.25, -0.2) is 0 Å². The standard InChI is InChI=1S/C16H24BrNO/c1-12(11-19)5-4-8-18-14-9-13(10-14)15-6-2-3-7-16(15)17/h2-3,6-7,12-14,18-19H,4-5,8-11H2,1H3. The Bertz CT molecular complexity index is 390. The van der Waals surface area contributed by atoms with Gasteiger partial charge in [0.05, 0.1) is 0 Å². The molecule has 0 bridgehead atoms. The molecule has 106 valence electrons. The third kappa shape index (κ3) is 4.30. The summed E-state index contributed by atoms with van der Waals surface area (Å²) in [6.07, 6.45) is 4.78. The first-order valence-electron chi connectivity index (χ1n) is 7.29. The summed E-state index contributed by atoms with van der Waals surface area (Å²) in [4.78, 5) is 0. The molecule has 0 radical (unpaired) electrons. The molecular weight excluding hydrogens is 302 g/mol. The molecule has 2 N–H and O–H groups in total. The average Bonchev–Trinajstić information content (AvgIpc) is 2.37. The Morgan fingerprint density at radius 1 is 1.37 bits per heavy atom. The third-order valence-electron chi connectivity index (χ3n) is 4.10. The van der Waals surface area contributed by atoms with Crippen molar-refractivity contribution in [2.24, 2.45) is 5.92 Å². The van der Waals surface area contributed by atoms with Gasteiger partial charge in [0.15, 0.2) is 0 Å². The monoisotopic (exact) mass is 325 g/mol. The van der Waals surface area contributed by atoms with Crippen LogP contribution in [0.4, 0.5) is 0 Å². The second-order valence-electron chi connectivity index (χ2n) is 5.77. The van der Waals surface area contributed by atoms with Gasteiger partial charge in [-0.1, -0.05) is 41.1 Å². The zero-order chi connectivity index (χ0) is 13.7. The van der Waals surface area contributed by atoms with Crippen molar-refractivity contribution in [3.05, 3.63) is 34.3 Å². The summed E-state index contributed by atoms with van der Waals surface area (Å²) in [5.74, 6) is 1.15. The van der Waals surface area contributed by atoms with Gasteiger partial charge < -0.3 is 10.4 Å². The van der Waals surface area contributed by atoms with E-state index >= 15 is 0 Å². The lowest BCUT2D eigenvalue weighted by atomic mass is 9.76. The third-order valence-corrected chi connectivity index (χ3v) is 4.82. The number of hydrogen-bond acceptors (Lipinski definition) is 2. The maximum absolute atomic E-state index is 8.96. The van der Waals surface area contributed by atoms with E-state index in [1.807, 2.05) is 0 Å². The predicted molar refractivity (Wildman–Crippen MR) is 83.4 cm³/mol. The van der Waals surface area contributed by atoms with Crippen LogP contribution in [0.25, 0.3) is 0 Å². The van der Waals surface area contributed by atoms with Gasteiger partial charge in [0, 0.05) is 17.1 Å². The molecule has 1 atom stereocenters. The molecule has 0 heterocycles. The highest BCUT2D eigenvalue weighted by Crippen LogP contribution is 2.39. The Morgan fingerprint density at radius 3 is 2.79 bits per heavy atom. The van der Waals surface area contributed by atoms with E-state index in [0.717, 1.165) is 19.4 Å². The molecule has 0 spiro atoms. The van der Waals surface area contributed by atoms with Gasteiger partial charge in [0.1, 0.15) is 0 Å². The van der Waals surface area contributed by atoms with E-state index in [9.17, 15) is 0 Å². The number of aliphatic hydroxyl groups excluding tert-OH is 1. The molecular formula is C16H24BrNO. The van der Waals surface area contributed by atoms with Crippen molar-refractivity contribution in [1.29, 1.82) is 0 Å². The molecule has 2 rings (SSSR count). The van der Waals surface area contributed by atoms with E-state index in [1.165, 1.54) is 22.9 Å². The van der Waals surface area contributed by atoms with E-state index in [-0.39, 0.29) is 0 Å². The number of halogens is 1. The van der Waals surface area contributed by atoms with Crippen LogP contribution in [-0.4, -0.2) is 24.3 Å². The summed E-state index contributed by atoms with van der Waals surface area (Å²) in [7, 11) is 0. The van der Waals surface area contributed by atoms with Gasteiger partial charge in [-0.3, -0.25) is 0 Å². The second kappa shape index (κ2) is 7.41. The zero-order valence-corrected chi connectivity index (χ0v) is 13.2. The molecule has 2 nitrogen and oxygen atoms in total. The van der Waals surface area contributed by atoms with Crippen molar-refractivity contribution in [3.63, 3.8) is 0 Å². The van der Waals surface area contributed by atoms with Crippen molar-refractivity contribution in [3.8, 4) is 0 Å². The SMILES string of the molecule is CC(CO)CCCNC1CC(c2ccccc2Br)C1. The lowest BCUT2D eigenvalue weighted by Crippen LogP contribution is -2.40. The Kier molecular flexibility index (Phi) is 5.86. The van der Waals surface area contributed by atoms with Crippen LogP contribution in [0.3, 0.4) is 0 Å². The van der Waals surface area contributed by atoms with Gasteiger partial charge >= 0.3 is 0 Å². The van der Waals surface area contributed by atoms with Gasteiger partial charge in [0.25, 0.3) is 0 Å². The Balaban J connectivity index is 1.63. The van der Waals surface area contributed by atoms with E-state index in [1.54, 1.807) is 0 Å². The van der Waals surface area contributed by atoms with E-state index in [4.69, 9.17) is 5.11 Å². The molecule has 0 saturated heterocycles. The van der Waals surface area contributed by atoms with Crippen molar-refractivity contribution in [2.75, 3.05) is 13.2 Å². The average molecular weight is 326 g/mol. The Hall–Kier alpha value is -0.380. The van der Waals surface area contributed by atoms with Gasteiger partial charge in [-0.05, 0) is 55.7 Å². The Morgan fingerprint density at radius 2 is 2.11 bits per heavy atom. The fraction of sp³-hybridized carbons (Fsp3) is 0.625. The Labute approximate surface area is 124 Å². The van der Waals surface area contributed by atoms with Crippen LogP contribution in [0.15, 0.2) is 28.7 Å². The van der Waals surface area contributed by atoms with Crippen LogP contribution in [0, 0.1) is 5.92 Å². The molecule has 0 amide bonds. The maximum atomic E-state index is 8.96. The van der Waals surface area contributed by atoms with Crippen molar-refractivity contribution in [2.45, 2.75) is 44.6 Å². The quantitative estimate of drug-likeness (QED) is 0.749. The first-order chi connectivity index (χ1) is 9.20. The second-order valence-corrected chi connectivity index (χ2v) is 6.63. The molecule has 0 aromatic heterocycles. The van der Waals surface area contributed by atoms with Crippen LogP contribution in [0.2, 0.25) is 0 Å². The molecule has 1 fully saturated rings. The minimum Gasteiger partial charge on any atom is -0.396 e. The summed E-state index contributed by atoms with van der Waals surface area (Å²) >= 11 is 3.64. The first kappa shape index (κ1) is 15.0. The normalized spacial score (nSPS) is 23.9. The molecule has 0 aliphatic heterocycles. The van der Waals surface area contributed by atoms with Gasteiger partial charge in [-0.2, -0.15) is 0 Å². The fourth-order valence-electron chi connectivity index (χ4n) is 2.69. The number of aliphatic hydroxyl groups is 1. The lowest BCUT2D eigenvalue weighted by molar-refractivity contribution is 0.225. The number of benzene rings is 1. The number of nitrogens with one attached hydrogen (secondary N) is 1. The first-order valence-corrected chi connectivity index (χ1v) is 8.08. The number of hydrogen-bond donors (Lipinski definition) is 2. The van der Waals surface area contributed by atoms with E-state index in [2.05, 4.69) is 52.4 Å². The molecule has 1 saturated carbocycles. The highest BCUT2D eigenvalue weighted by Gasteiger charge is 2.30.